The Morgan fingerprint density at radius 2 is 1.93 bits per heavy atom. The van der Waals surface area contributed by atoms with Crippen molar-refractivity contribution in [2.45, 2.75) is 13.3 Å². The van der Waals surface area contributed by atoms with Crippen molar-refractivity contribution < 1.29 is 14.6 Å². The Kier molecular flexibility index (Phi) is 4.13. The maximum Gasteiger partial charge on any atom is 0.336 e. The quantitative estimate of drug-likeness (QED) is 0.532. The number of benzene rings is 2. The molecule has 0 radical (unpaired) electrons. The molecule has 5 rings (SSSR count). The normalized spacial score (nSPS) is 12.7. The van der Waals surface area contributed by atoms with Gasteiger partial charge in [0.2, 0.25) is 0 Å². The van der Waals surface area contributed by atoms with Crippen molar-refractivity contribution in [2.24, 2.45) is 7.05 Å². The molecule has 0 amide bonds. The Bertz CT molecular complexity index is 1330. The lowest BCUT2D eigenvalue weighted by molar-refractivity contribution is 0.0695. The molecule has 0 bridgehead atoms. The fraction of sp³-hybridized carbons (Fsp3) is 0.125. The van der Waals surface area contributed by atoms with Crippen LogP contribution in [0.15, 0.2) is 54.7 Å². The van der Waals surface area contributed by atoms with Gasteiger partial charge in [-0.1, -0.05) is 29.8 Å². The van der Waals surface area contributed by atoms with Crippen molar-refractivity contribution in [1.82, 2.24) is 14.8 Å². The maximum atomic E-state index is 11.6. The topological polar surface area (TPSA) is 77.2 Å². The molecule has 2 aromatic carbocycles. The summed E-state index contributed by atoms with van der Waals surface area (Å²) in [6.07, 6.45) is 3.95. The average molecular weight is 397 g/mol. The molecule has 30 heavy (non-hydrogen) atoms. The molecule has 0 saturated carbocycles. The summed E-state index contributed by atoms with van der Waals surface area (Å²) in [4.78, 5) is 15.9. The van der Waals surface area contributed by atoms with E-state index in [0.717, 1.165) is 39.2 Å². The minimum atomic E-state index is -0.942. The highest BCUT2D eigenvalue weighted by molar-refractivity contribution is 6.01. The van der Waals surface area contributed by atoms with E-state index in [2.05, 4.69) is 4.98 Å². The Morgan fingerprint density at radius 3 is 2.70 bits per heavy atom. The number of hydrogen-bond acceptors (Lipinski definition) is 4. The monoisotopic (exact) mass is 397 g/mol. The number of aromatic nitrogens is 3. The molecule has 0 spiro atoms. The molecule has 148 valence electrons. The number of nitrogens with zero attached hydrogens (tertiary/aromatic N) is 3. The lowest BCUT2D eigenvalue weighted by Gasteiger charge is -2.08. The van der Waals surface area contributed by atoms with Gasteiger partial charge in [0.15, 0.2) is 5.75 Å². The third-order valence-corrected chi connectivity index (χ3v) is 5.38. The molecule has 0 saturated heterocycles. The first-order chi connectivity index (χ1) is 14.5. The number of hydrogen-bond donors (Lipinski definition) is 1. The summed E-state index contributed by atoms with van der Waals surface area (Å²) in [7, 11) is 1.89. The summed E-state index contributed by atoms with van der Waals surface area (Å²) in [6.45, 7) is 2.04. The van der Waals surface area contributed by atoms with E-state index >= 15 is 0 Å². The number of aryl methyl sites for hydroxylation is 2. The predicted octanol–water partition coefficient (Wildman–Crippen LogP) is 4.86. The zero-order chi connectivity index (χ0) is 20.8. The fourth-order valence-corrected chi connectivity index (χ4v) is 3.93. The number of carboxylic acid groups (broad SMARTS) is 1. The number of fused-ring (bicyclic) bond motifs is 2. The Hall–Kier alpha value is -3.93. The second-order valence-electron chi connectivity index (χ2n) is 7.41. The van der Waals surface area contributed by atoms with Crippen LogP contribution in [0.3, 0.4) is 0 Å². The van der Waals surface area contributed by atoms with E-state index in [9.17, 15) is 9.90 Å². The summed E-state index contributed by atoms with van der Waals surface area (Å²) >= 11 is 0. The van der Waals surface area contributed by atoms with Crippen molar-refractivity contribution in [3.05, 3.63) is 82.8 Å². The first kappa shape index (κ1) is 18.1. The highest BCUT2D eigenvalue weighted by atomic mass is 16.5. The van der Waals surface area contributed by atoms with Crippen LogP contribution in [-0.2, 0) is 13.5 Å². The van der Waals surface area contributed by atoms with Crippen molar-refractivity contribution >= 4 is 28.5 Å². The van der Waals surface area contributed by atoms with Crippen LogP contribution in [0.2, 0.25) is 0 Å². The van der Waals surface area contributed by atoms with E-state index < -0.39 is 5.97 Å². The number of carboxylic acids is 1. The first-order valence-corrected chi connectivity index (χ1v) is 9.63. The number of para-hydroxylation sites is 1. The number of allylic oxidation sites excluding steroid dienone is 1. The summed E-state index contributed by atoms with van der Waals surface area (Å²) in [6, 6.07) is 15.3. The van der Waals surface area contributed by atoms with E-state index in [-0.39, 0.29) is 5.56 Å². The highest BCUT2D eigenvalue weighted by Crippen LogP contribution is 2.38. The van der Waals surface area contributed by atoms with Crippen molar-refractivity contribution in [3.63, 3.8) is 0 Å². The van der Waals surface area contributed by atoms with Gasteiger partial charge < -0.3 is 9.84 Å². The number of rotatable bonds is 4. The van der Waals surface area contributed by atoms with Gasteiger partial charge in [-0.15, -0.1) is 0 Å². The van der Waals surface area contributed by atoms with Crippen molar-refractivity contribution in [1.29, 1.82) is 0 Å². The van der Waals surface area contributed by atoms with Gasteiger partial charge in [0.05, 0.1) is 17.0 Å². The molecule has 6 nitrogen and oxygen atoms in total. The molecule has 1 aliphatic rings. The lowest BCUT2D eigenvalue weighted by Crippen LogP contribution is -2.03. The number of carbonyl (C=O) groups is 1. The molecule has 4 aromatic rings. The van der Waals surface area contributed by atoms with Crippen molar-refractivity contribution in [3.8, 4) is 11.5 Å². The largest absolute Gasteiger partial charge is 0.478 e. The zero-order valence-corrected chi connectivity index (χ0v) is 16.6. The first-order valence-electron chi connectivity index (χ1n) is 9.63. The standard InChI is InChI=1S/C24H19N3O3/c1-14-6-8-16(9-7-14)30-21-5-3-4-18-22(26-27(2)23(18)21)15-12-19-17(24(28)29)10-11-25-20(19)13-15/h3-11,13H,12H2,1-2H3,(H,28,29). The number of ether oxygens (including phenoxy) is 1. The van der Waals surface area contributed by atoms with Gasteiger partial charge in [-0.3, -0.25) is 9.67 Å². The van der Waals surface area contributed by atoms with Crippen molar-refractivity contribution in [2.75, 3.05) is 0 Å². The third kappa shape index (κ3) is 2.93. The molecule has 0 aliphatic heterocycles. The van der Waals surface area contributed by atoms with Gasteiger partial charge >= 0.3 is 5.97 Å². The molecule has 1 N–H and O–H groups in total. The van der Waals surface area contributed by atoms with E-state index in [1.165, 1.54) is 11.8 Å². The summed E-state index contributed by atoms with van der Waals surface area (Å²) in [5, 5.41) is 15.2. The Labute approximate surface area is 173 Å². The summed E-state index contributed by atoms with van der Waals surface area (Å²) in [5.41, 5.74) is 5.53. The lowest BCUT2D eigenvalue weighted by atomic mass is 10.0. The van der Waals surface area contributed by atoms with E-state index in [0.29, 0.717) is 12.1 Å². The second kappa shape index (κ2) is 6.84. The van der Waals surface area contributed by atoms with Crippen LogP contribution in [0.4, 0.5) is 0 Å². The van der Waals surface area contributed by atoms with Gasteiger partial charge in [-0.25, -0.2) is 4.79 Å². The summed E-state index contributed by atoms with van der Waals surface area (Å²) < 4.78 is 7.95. The minimum absolute atomic E-state index is 0.287. The Balaban J connectivity index is 1.57. The molecule has 0 unspecified atom stereocenters. The van der Waals surface area contributed by atoms with Crippen LogP contribution >= 0.6 is 0 Å². The van der Waals surface area contributed by atoms with Crippen LogP contribution in [0.1, 0.15) is 32.9 Å². The smallest absolute Gasteiger partial charge is 0.336 e. The highest BCUT2D eigenvalue weighted by Gasteiger charge is 2.25. The van der Waals surface area contributed by atoms with Gasteiger partial charge in [0, 0.05) is 25.1 Å². The van der Waals surface area contributed by atoms with E-state index in [4.69, 9.17) is 9.84 Å². The molecule has 1 aliphatic carbocycles. The number of pyridine rings is 1. The molecule has 6 heteroatoms. The second-order valence-corrected chi connectivity index (χ2v) is 7.41. The molecular weight excluding hydrogens is 378 g/mol. The fourth-order valence-electron chi connectivity index (χ4n) is 3.93. The average Bonchev–Trinajstić information content (AvgIpc) is 3.31. The SMILES string of the molecule is Cc1ccc(Oc2cccc3c(C4=Cc5nccc(C(=O)O)c5C4)nn(C)c23)cc1. The van der Waals surface area contributed by atoms with Gasteiger partial charge in [0.1, 0.15) is 11.3 Å². The molecule has 0 fully saturated rings. The maximum absolute atomic E-state index is 11.6. The van der Waals surface area contributed by atoms with Gasteiger partial charge in [0.25, 0.3) is 0 Å². The zero-order valence-electron chi connectivity index (χ0n) is 16.6. The third-order valence-electron chi connectivity index (χ3n) is 5.38. The molecule has 2 aromatic heterocycles. The van der Waals surface area contributed by atoms with E-state index in [1.54, 1.807) is 6.07 Å². The van der Waals surface area contributed by atoms with Crippen LogP contribution in [0, 0.1) is 6.92 Å². The van der Waals surface area contributed by atoms with Gasteiger partial charge in [-0.2, -0.15) is 5.10 Å². The summed E-state index contributed by atoms with van der Waals surface area (Å²) in [5.74, 6) is 0.541. The van der Waals surface area contributed by atoms with E-state index in [1.807, 2.05) is 67.2 Å². The number of aromatic carboxylic acids is 1. The molecular formula is C24H19N3O3. The molecule has 0 atom stereocenters. The predicted molar refractivity (Wildman–Crippen MR) is 115 cm³/mol. The van der Waals surface area contributed by atoms with Gasteiger partial charge in [-0.05, 0) is 48.4 Å². The van der Waals surface area contributed by atoms with Crippen LogP contribution < -0.4 is 4.74 Å². The van der Waals surface area contributed by atoms with Crippen LogP contribution in [-0.4, -0.2) is 25.8 Å². The van der Waals surface area contributed by atoms with Crippen LogP contribution in [0.5, 0.6) is 11.5 Å². The molecule has 2 heterocycles. The van der Waals surface area contributed by atoms with Crippen LogP contribution in [0.25, 0.3) is 22.6 Å². The minimum Gasteiger partial charge on any atom is -0.478 e. The Morgan fingerprint density at radius 1 is 1.13 bits per heavy atom.